The van der Waals surface area contributed by atoms with Gasteiger partial charge in [0.15, 0.2) is 5.58 Å². The molecule has 1 aliphatic carbocycles. The molecule has 6 heteroatoms. The molecule has 2 aliphatic rings. The first-order valence-electron chi connectivity index (χ1n) is 11.3. The predicted octanol–water partition coefficient (Wildman–Crippen LogP) is 4.80. The minimum Gasteiger partial charge on any atom is -0.463 e. The molecule has 31 heavy (non-hydrogen) atoms. The molecule has 0 radical (unpaired) electrons. The summed E-state index contributed by atoms with van der Waals surface area (Å²) >= 11 is 0. The van der Waals surface area contributed by atoms with Gasteiger partial charge in [-0.2, -0.15) is 0 Å². The van der Waals surface area contributed by atoms with E-state index in [4.69, 9.17) is 4.42 Å². The number of hydrogen-bond acceptors (Lipinski definition) is 3. The summed E-state index contributed by atoms with van der Waals surface area (Å²) in [7, 11) is 0. The second-order valence-electron chi connectivity index (χ2n) is 9.15. The molecule has 1 saturated carbocycles. The lowest BCUT2D eigenvalue weighted by molar-refractivity contribution is -0.127. The third kappa shape index (κ3) is 3.25. The maximum absolute atomic E-state index is 13.8. The molecule has 6 nitrogen and oxygen atoms in total. The van der Waals surface area contributed by atoms with Crippen LogP contribution in [-0.2, 0) is 11.3 Å². The maximum atomic E-state index is 13.8. The highest BCUT2D eigenvalue weighted by atomic mass is 16.3. The van der Waals surface area contributed by atoms with Crippen LogP contribution in [0.1, 0.15) is 61.5 Å². The number of hydrogen-bond donors (Lipinski definition) is 1. The topological polar surface area (TPSA) is 67.5 Å². The fraction of sp³-hybridized carbons (Fsp3) is 0.440. The average molecular weight is 420 g/mol. The van der Waals surface area contributed by atoms with Crippen molar-refractivity contribution in [1.29, 1.82) is 0 Å². The van der Waals surface area contributed by atoms with E-state index < -0.39 is 5.54 Å². The van der Waals surface area contributed by atoms with Crippen LogP contribution >= 0.6 is 0 Å². The van der Waals surface area contributed by atoms with Gasteiger partial charge in [0, 0.05) is 23.9 Å². The van der Waals surface area contributed by atoms with Crippen molar-refractivity contribution in [2.45, 2.75) is 70.5 Å². The van der Waals surface area contributed by atoms with Crippen LogP contribution in [0.5, 0.6) is 0 Å². The molecule has 2 aromatic heterocycles. The van der Waals surface area contributed by atoms with Crippen LogP contribution in [0.25, 0.3) is 11.1 Å². The summed E-state index contributed by atoms with van der Waals surface area (Å²) in [4.78, 5) is 29.3. The Balaban J connectivity index is 1.59. The third-order valence-corrected chi connectivity index (χ3v) is 6.94. The summed E-state index contributed by atoms with van der Waals surface area (Å²) in [6, 6.07) is 11.6. The number of carbonyl (C=O) groups excluding carboxylic acids is 2. The first kappa shape index (κ1) is 19.9. The van der Waals surface area contributed by atoms with E-state index in [1.54, 1.807) is 17.2 Å². The number of furan rings is 1. The molecule has 0 spiro atoms. The molecule has 2 amide bonds. The molecule has 1 unspecified atom stereocenters. The first-order valence-corrected chi connectivity index (χ1v) is 11.3. The predicted molar refractivity (Wildman–Crippen MR) is 120 cm³/mol. The highest BCUT2D eigenvalue weighted by Gasteiger charge is 2.49. The third-order valence-electron chi connectivity index (χ3n) is 6.94. The summed E-state index contributed by atoms with van der Waals surface area (Å²) in [6.07, 6.45) is 8.35. The fourth-order valence-electron chi connectivity index (χ4n) is 5.17. The van der Waals surface area contributed by atoms with Crippen molar-refractivity contribution in [3.8, 4) is 0 Å². The van der Waals surface area contributed by atoms with Crippen molar-refractivity contribution in [2.75, 3.05) is 4.90 Å². The van der Waals surface area contributed by atoms with E-state index in [2.05, 4.69) is 5.32 Å². The standard InChI is InChI=1S/C25H29N3O3/c1-17-9-7-8-12-19(17)28-23(29)21-15-22-20(13-14-31-22)27(21)16-25(28,2)24(30)26-18-10-5-3-4-6-11-18/h7-9,12-15,18H,3-6,10-11,16H2,1-2H3,(H,26,30). The molecule has 3 heterocycles. The number of anilines is 1. The molecule has 5 rings (SSSR count). The SMILES string of the molecule is Cc1ccccc1N1C(=O)c2cc3occc3n2CC1(C)C(=O)NC1CCCCCC1. The van der Waals surface area contributed by atoms with E-state index in [-0.39, 0.29) is 17.9 Å². The summed E-state index contributed by atoms with van der Waals surface area (Å²) < 4.78 is 7.49. The van der Waals surface area contributed by atoms with E-state index in [1.165, 1.54) is 12.8 Å². The van der Waals surface area contributed by atoms with Crippen LogP contribution in [0, 0.1) is 6.92 Å². The number of para-hydroxylation sites is 1. The molecular formula is C25H29N3O3. The van der Waals surface area contributed by atoms with Crippen molar-refractivity contribution in [1.82, 2.24) is 9.88 Å². The highest BCUT2D eigenvalue weighted by molar-refractivity contribution is 6.14. The Kier molecular flexibility index (Phi) is 4.88. The minimum atomic E-state index is -1.05. The van der Waals surface area contributed by atoms with Gasteiger partial charge in [-0.25, -0.2) is 0 Å². The zero-order chi connectivity index (χ0) is 21.6. The smallest absolute Gasteiger partial charge is 0.276 e. The number of rotatable bonds is 3. The Bertz CT molecular complexity index is 1140. The van der Waals surface area contributed by atoms with Gasteiger partial charge in [0.05, 0.1) is 18.3 Å². The summed E-state index contributed by atoms with van der Waals surface area (Å²) in [5.74, 6) is -0.266. The number of carbonyl (C=O) groups is 2. The minimum absolute atomic E-state index is 0.0907. The molecule has 1 atom stereocenters. The van der Waals surface area contributed by atoms with Gasteiger partial charge < -0.3 is 14.3 Å². The van der Waals surface area contributed by atoms with E-state index in [0.717, 1.165) is 42.5 Å². The Morgan fingerprint density at radius 1 is 1.13 bits per heavy atom. The van der Waals surface area contributed by atoms with Crippen molar-refractivity contribution < 1.29 is 14.0 Å². The molecule has 162 valence electrons. The lowest BCUT2D eigenvalue weighted by Crippen LogP contribution is -2.65. The van der Waals surface area contributed by atoms with Gasteiger partial charge in [-0.15, -0.1) is 0 Å². The van der Waals surface area contributed by atoms with Gasteiger partial charge in [0.1, 0.15) is 11.2 Å². The molecule has 1 aromatic carbocycles. The highest BCUT2D eigenvalue weighted by Crippen LogP contribution is 2.37. The summed E-state index contributed by atoms with van der Waals surface area (Å²) in [5, 5.41) is 3.30. The lowest BCUT2D eigenvalue weighted by Gasteiger charge is -2.45. The van der Waals surface area contributed by atoms with Gasteiger partial charge in [-0.3, -0.25) is 14.5 Å². The molecule has 1 aliphatic heterocycles. The van der Waals surface area contributed by atoms with Gasteiger partial charge in [-0.05, 0) is 38.3 Å². The summed E-state index contributed by atoms with van der Waals surface area (Å²) in [6.45, 7) is 4.24. The Morgan fingerprint density at radius 2 is 1.87 bits per heavy atom. The quantitative estimate of drug-likeness (QED) is 0.620. The van der Waals surface area contributed by atoms with Crippen molar-refractivity contribution in [3.63, 3.8) is 0 Å². The number of benzene rings is 1. The number of fused-ring (bicyclic) bond motifs is 3. The number of nitrogens with one attached hydrogen (secondary N) is 1. The zero-order valence-electron chi connectivity index (χ0n) is 18.2. The first-order chi connectivity index (χ1) is 15.0. The Labute approximate surface area is 182 Å². The largest absolute Gasteiger partial charge is 0.463 e. The Hall–Kier alpha value is -3.02. The second-order valence-corrected chi connectivity index (χ2v) is 9.15. The fourth-order valence-corrected chi connectivity index (χ4v) is 5.17. The molecule has 0 saturated heterocycles. The van der Waals surface area contributed by atoms with Gasteiger partial charge >= 0.3 is 0 Å². The lowest BCUT2D eigenvalue weighted by atomic mass is 9.92. The number of amides is 2. The molecule has 3 aromatic rings. The van der Waals surface area contributed by atoms with E-state index in [9.17, 15) is 9.59 Å². The maximum Gasteiger partial charge on any atom is 0.276 e. The van der Waals surface area contributed by atoms with Crippen LogP contribution in [-0.4, -0.2) is 28.0 Å². The van der Waals surface area contributed by atoms with Gasteiger partial charge in [0.25, 0.3) is 5.91 Å². The zero-order valence-corrected chi connectivity index (χ0v) is 18.2. The number of nitrogens with zero attached hydrogens (tertiary/aromatic N) is 2. The molecular weight excluding hydrogens is 390 g/mol. The van der Waals surface area contributed by atoms with Crippen molar-refractivity contribution in [3.05, 3.63) is 53.9 Å². The van der Waals surface area contributed by atoms with Crippen LogP contribution in [0.2, 0.25) is 0 Å². The van der Waals surface area contributed by atoms with Crippen LogP contribution in [0.15, 0.2) is 47.1 Å². The average Bonchev–Trinajstić information content (AvgIpc) is 3.24. The van der Waals surface area contributed by atoms with Crippen LogP contribution in [0.4, 0.5) is 5.69 Å². The number of aromatic nitrogens is 1. The molecule has 1 fully saturated rings. The normalized spacial score (nSPS) is 22.4. The second kappa shape index (κ2) is 7.59. The van der Waals surface area contributed by atoms with Gasteiger partial charge in [0.2, 0.25) is 5.91 Å². The summed E-state index contributed by atoms with van der Waals surface area (Å²) in [5.41, 5.74) is 2.76. The van der Waals surface area contributed by atoms with Gasteiger partial charge in [-0.1, -0.05) is 43.9 Å². The van der Waals surface area contributed by atoms with E-state index >= 15 is 0 Å². The monoisotopic (exact) mass is 419 g/mol. The van der Waals surface area contributed by atoms with Crippen LogP contribution < -0.4 is 10.2 Å². The Morgan fingerprint density at radius 3 is 2.61 bits per heavy atom. The molecule has 1 N–H and O–H groups in total. The van der Waals surface area contributed by atoms with Crippen molar-refractivity contribution in [2.24, 2.45) is 0 Å². The van der Waals surface area contributed by atoms with E-state index in [1.807, 2.05) is 48.7 Å². The van der Waals surface area contributed by atoms with Crippen LogP contribution in [0.3, 0.4) is 0 Å². The van der Waals surface area contributed by atoms with E-state index in [0.29, 0.717) is 17.8 Å². The van der Waals surface area contributed by atoms with Crippen molar-refractivity contribution >= 4 is 28.6 Å². The molecule has 0 bridgehead atoms. The number of aryl methyl sites for hydroxylation is 1.